The number of carbonyl (C=O) groups excluding carboxylic acids is 1. The van der Waals surface area contributed by atoms with Crippen LogP contribution in [0.2, 0.25) is 0 Å². The van der Waals surface area contributed by atoms with Crippen LogP contribution in [0.15, 0.2) is 24.3 Å². The van der Waals surface area contributed by atoms with E-state index in [1.54, 1.807) is 29.2 Å². The number of hydrogen-bond acceptors (Lipinski definition) is 4. The highest BCUT2D eigenvalue weighted by molar-refractivity contribution is 7.91. The van der Waals surface area contributed by atoms with E-state index < -0.39 is 9.84 Å². The van der Waals surface area contributed by atoms with Crippen LogP contribution in [0.5, 0.6) is 0 Å². The lowest BCUT2D eigenvalue weighted by atomic mass is 10.1. The molecule has 0 radical (unpaired) electrons. The monoisotopic (exact) mass is 268 g/mol. The first-order valence-electron chi connectivity index (χ1n) is 5.84. The predicted octanol–water partition coefficient (Wildman–Crippen LogP) is 0.530. The molecule has 1 aliphatic heterocycles. The minimum atomic E-state index is -3.00. The van der Waals surface area contributed by atoms with Crippen LogP contribution in [0.25, 0.3) is 0 Å². The fraction of sp³-hybridized carbons (Fsp3) is 0.417. The summed E-state index contributed by atoms with van der Waals surface area (Å²) in [5.41, 5.74) is 6.62. The van der Waals surface area contributed by atoms with Crippen LogP contribution >= 0.6 is 0 Å². The number of para-hydroxylation sites is 1. The number of nitrogens with zero attached hydrogens (tertiary/aromatic N) is 1. The molecule has 2 N–H and O–H groups in total. The summed E-state index contributed by atoms with van der Waals surface area (Å²) in [6, 6.07) is 6.84. The standard InChI is InChI=1S/C12H16N2O3S/c13-11-5-2-1-4-10(11)12(15)14-6-3-8-18(16,17)9-7-14/h1-2,4-5H,3,6-9,13H2. The third-order valence-corrected chi connectivity index (χ3v) is 4.75. The summed E-state index contributed by atoms with van der Waals surface area (Å²) in [4.78, 5) is 13.8. The summed E-state index contributed by atoms with van der Waals surface area (Å²) in [6.07, 6.45) is 0.487. The van der Waals surface area contributed by atoms with E-state index in [2.05, 4.69) is 0 Å². The van der Waals surface area contributed by atoms with Gasteiger partial charge in [-0.1, -0.05) is 12.1 Å². The molecule has 1 heterocycles. The predicted molar refractivity (Wildman–Crippen MR) is 70.0 cm³/mol. The normalized spacial score (nSPS) is 19.2. The Bertz CT molecular complexity index is 554. The van der Waals surface area contributed by atoms with Crippen molar-refractivity contribution in [2.24, 2.45) is 0 Å². The van der Waals surface area contributed by atoms with Crippen LogP contribution in [0.3, 0.4) is 0 Å². The van der Waals surface area contributed by atoms with Gasteiger partial charge in [-0.25, -0.2) is 8.42 Å². The van der Waals surface area contributed by atoms with Gasteiger partial charge in [0, 0.05) is 18.8 Å². The average Bonchev–Trinajstić information content (AvgIpc) is 2.50. The van der Waals surface area contributed by atoms with E-state index in [-0.39, 0.29) is 24.0 Å². The Kier molecular flexibility index (Phi) is 3.56. The quantitative estimate of drug-likeness (QED) is 0.753. The van der Waals surface area contributed by atoms with Gasteiger partial charge in [0.1, 0.15) is 0 Å². The van der Waals surface area contributed by atoms with Crippen LogP contribution in [-0.4, -0.2) is 43.8 Å². The van der Waals surface area contributed by atoms with Crippen molar-refractivity contribution in [3.05, 3.63) is 29.8 Å². The minimum absolute atomic E-state index is 0.0332. The molecule has 1 saturated heterocycles. The zero-order valence-electron chi connectivity index (χ0n) is 10.0. The second kappa shape index (κ2) is 4.97. The lowest BCUT2D eigenvalue weighted by Gasteiger charge is -2.20. The van der Waals surface area contributed by atoms with Gasteiger partial charge in [-0.05, 0) is 18.6 Å². The highest BCUT2D eigenvalue weighted by Gasteiger charge is 2.24. The Morgan fingerprint density at radius 2 is 1.89 bits per heavy atom. The Balaban J connectivity index is 2.17. The molecule has 0 bridgehead atoms. The number of hydrogen-bond donors (Lipinski definition) is 1. The fourth-order valence-corrected chi connectivity index (χ4v) is 3.28. The van der Waals surface area contributed by atoms with Crippen molar-refractivity contribution in [3.63, 3.8) is 0 Å². The van der Waals surface area contributed by atoms with Crippen molar-refractivity contribution >= 4 is 21.4 Å². The third kappa shape index (κ3) is 2.81. The number of amides is 1. The molecule has 0 aliphatic carbocycles. The summed E-state index contributed by atoms with van der Waals surface area (Å²) in [5, 5.41) is 0. The molecule has 2 rings (SSSR count). The van der Waals surface area contributed by atoms with Gasteiger partial charge in [0.05, 0.1) is 17.1 Å². The molecule has 1 aromatic carbocycles. The first-order valence-corrected chi connectivity index (χ1v) is 7.66. The number of nitrogen functional groups attached to an aromatic ring is 1. The molecule has 5 nitrogen and oxygen atoms in total. The van der Waals surface area contributed by atoms with Crippen molar-refractivity contribution < 1.29 is 13.2 Å². The lowest BCUT2D eigenvalue weighted by molar-refractivity contribution is 0.0769. The molecule has 98 valence electrons. The van der Waals surface area contributed by atoms with Crippen LogP contribution in [0.4, 0.5) is 5.69 Å². The van der Waals surface area contributed by atoms with Gasteiger partial charge in [-0.3, -0.25) is 4.79 Å². The van der Waals surface area contributed by atoms with E-state index in [0.29, 0.717) is 24.2 Å². The van der Waals surface area contributed by atoms with Gasteiger partial charge in [0.25, 0.3) is 5.91 Å². The lowest BCUT2D eigenvalue weighted by Crippen LogP contribution is -2.34. The second-order valence-electron chi connectivity index (χ2n) is 4.38. The summed E-state index contributed by atoms with van der Waals surface area (Å²) in [5.74, 6) is -0.00260. The zero-order chi connectivity index (χ0) is 13.2. The van der Waals surface area contributed by atoms with Crippen molar-refractivity contribution in [3.8, 4) is 0 Å². The van der Waals surface area contributed by atoms with E-state index in [9.17, 15) is 13.2 Å². The molecule has 6 heteroatoms. The second-order valence-corrected chi connectivity index (χ2v) is 6.69. The maximum absolute atomic E-state index is 12.2. The van der Waals surface area contributed by atoms with E-state index in [1.165, 1.54) is 0 Å². The first kappa shape index (κ1) is 12.9. The highest BCUT2D eigenvalue weighted by Crippen LogP contribution is 2.15. The molecular weight excluding hydrogens is 252 g/mol. The maximum Gasteiger partial charge on any atom is 0.255 e. The summed E-state index contributed by atoms with van der Waals surface area (Å²) in [6.45, 7) is 0.710. The Morgan fingerprint density at radius 3 is 2.61 bits per heavy atom. The largest absolute Gasteiger partial charge is 0.398 e. The smallest absolute Gasteiger partial charge is 0.255 e. The first-order chi connectivity index (χ1) is 8.49. The van der Waals surface area contributed by atoms with Gasteiger partial charge >= 0.3 is 0 Å². The Hall–Kier alpha value is -1.56. The molecule has 1 fully saturated rings. The van der Waals surface area contributed by atoms with E-state index >= 15 is 0 Å². The number of rotatable bonds is 1. The van der Waals surface area contributed by atoms with Crippen LogP contribution in [0, 0.1) is 0 Å². The molecular formula is C12H16N2O3S. The molecule has 0 unspecified atom stereocenters. The zero-order valence-corrected chi connectivity index (χ0v) is 10.8. The van der Waals surface area contributed by atoms with Gasteiger partial charge in [-0.15, -0.1) is 0 Å². The summed E-state index contributed by atoms with van der Waals surface area (Å²) < 4.78 is 23.0. The van der Waals surface area contributed by atoms with Crippen molar-refractivity contribution in [1.82, 2.24) is 4.90 Å². The molecule has 0 atom stereocenters. The van der Waals surface area contributed by atoms with Crippen LogP contribution in [-0.2, 0) is 9.84 Å². The number of sulfone groups is 1. The molecule has 1 amide bonds. The third-order valence-electron chi connectivity index (χ3n) is 3.03. The molecule has 0 saturated carbocycles. The van der Waals surface area contributed by atoms with Gasteiger partial charge < -0.3 is 10.6 Å². The Labute approximate surface area is 107 Å². The van der Waals surface area contributed by atoms with Gasteiger partial charge in [0.2, 0.25) is 0 Å². The van der Waals surface area contributed by atoms with Crippen LogP contribution in [0.1, 0.15) is 16.8 Å². The topological polar surface area (TPSA) is 80.5 Å². The molecule has 0 aromatic heterocycles. The number of carbonyl (C=O) groups is 1. The van der Waals surface area contributed by atoms with Crippen molar-refractivity contribution in [1.29, 1.82) is 0 Å². The average molecular weight is 268 g/mol. The number of nitrogens with two attached hydrogens (primary N) is 1. The molecule has 1 aliphatic rings. The maximum atomic E-state index is 12.2. The van der Waals surface area contributed by atoms with E-state index in [4.69, 9.17) is 5.73 Å². The molecule has 0 spiro atoms. The summed E-state index contributed by atoms with van der Waals surface area (Å²) in [7, 11) is -3.00. The van der Waals surface area contributed by atoms with Gasteiger partial charge in [0.15, 0.2) is 9.84 Å². The number of benzene rings is 1. The van der Waals surface area contributed by atoms with E-state index in [0.717, 1.165) is 0 Å². The highest BCUT2D eigenvalue weighted by atomic mass is 32.2. The van der Waals surface area contributed by atoms with E-state index in [1.807, 2.05) is 0 Å². The number of anilines is 1. The van der Waals surface area contributed by atoms with Crippen molar-refractivity contribution in [2.45, 2.75) is 6.42 Å². The van der Waals surface area contributed by atoms with Crippen molar-refractivity contribution in [2.75, 3.05) is 30.3 Å². The fourth-order valence-electron chi connectivity index (χ4n) is 2.00. The minimum Gasteiger partial charge on any atom is -0.398 e. The SMILES string of the molecule is Nc1ccccc1C(=O)N1CCCS(=O)(=O)CC1. The molecule has 1 aromatic rings. The molecule has 18 heavy (non-hydrogen) atoms. The summed E-state index contributed by atoms with van der Waals surface area (Å²) >= 11 is 0. The van der Waals surface area contributed by atoms with Gasteiger partial charge in [-0.2, -0.15) is 0 Å². The Morgan fingerprint density at radius 1 is 1.17 bits per heavy atom. The van der Waals surface area contributed by atoms with Crippen LogP contribution < -0.4 is 5.73 Å².